The lowest BCUT2D eigenvalue weighted by molar-refractivity contribution is 0.295. The maximum Gasteiger partial charge on any atom is 0.0238 e. The Balaban J connectivity index is 3.68. The molecule has 2 nitrogen and oxygen atoms in total. The van der Waals surface area contributed by atoms with E-state index in [2.05, 4.69) is 38.7 Å². The molecule has 0 radical (unpaired) electrons. The van der Waals surface area contributed by atoms with Crippen LogP contribution in [-0.4, -0.2) is 30.6 Å². The minimum Gasteiger partial charge on any atom is -0.324 e. The van der Waals surface area contributed by atoms with Gasteiger partial charge in [0, 0.05) is 6.04 Å². The predicted molar refractivity (Wildman–Crippen MR) is 59.8 cm³/mol. The second kappa shape index (κ2) is 7.10. The molecule has 0 aliphatic heterocycles. The van der Waals surface area contributed by atoms with Crippen molar-refractivity contribution in [3.8, 4) is 0 Å². The quantitative estimate of drug-likeness (QED) is 0.640. The normalized spacial score (nSPS) is 13.1. The van der Waals surface area contributed by atoms with Crippen LogP contribution in [0.1, 0.15) is 34.1 Å². The van der Waals surface area contributed by atoms with E-state index >= 15 is 0 Å². The fourth-order valence-electron chi connectivity index (χ4n) is 1.38. The molecular weight excluding hydrogens is 160 g/mol. The molecule has 0 heterocycles. The van der Waals surface area contributed by atoms with Crippen LogP contribution < -0.4 is 5.73 Å². The van der Waals surface area contributed by atoms with Crippen molar-refractivity contribution in [3.05, 3.63) is 11.6 Å². The van der Waals surface area contributed by atoms with Crippen molar-refractivity contribution in [1.82, 2.24) is 4.90 Å². The Bertz CT molecular complexity index is 144. The first-order valence-electron chi connectivity index (χ1n) is 5.23. The van der Waals surface area contributed by atoms with Gasteiger partial charge in [0.2, 0.25) is 0 Å². The van der Waals surface area contributed by atoms with Gasteiger partial charge in [0.1, 0.15) is 0 Å². The maximum atomic E-state index is 5.93. The van der Waals surface area contributed by atoms with Gasteiger partial charge in [-0.15, -0.1) is 0 Å². The van der Waals surface area contributed by atoms with E-state index in [1.54, 1.807) is 0 Å². The summed E-state index contributed by atoms with van der Waals surface area (Å²) in [5.74, 6) is 0. The molecule has 0 fully saturated rings. The number of hydrogen-bond donors (Lipinski definition) is 1. The van der Waals surface area contributed by atoms with E-state index in [0.29, 0.717) is 0 Å². The highest BCUT2D eigenvalue weighted by Crippen LogP contribution is 1.98. The fourth-order valence-corrected chi connectivity index (χ4v) is 1.38. The van der Waals surface area contributed by atoms with Crippen LogP contribution in [0.25, 0.3) is 0 Å². The third kappa shape index (κ3) is 6.79. The van der Waals surface area contributed by atoms with Crippen LogP contribution in [0.15, 0.2) is 11.6 Å². The van der Waals surface area contributed by atoms with Crippen LogP contribution in [0.5, 0.6) is 0 Å². The standard InChI is InChI=1S/C11H24N2/c1-5-13(6-2)8-7-11(12)9-10(3)4/h9,11H,5-8,12H2,1-4H3. The Kier molecular flexibility index (Phi) is 6.92. The lowest BCUT2D eigenvalue weighted by Gasteiger charge is -2.19. The number of hydrogen-bond acceptors (Lipinski definition) is 2. The average molecular weight is 184 g/mol. The molecular formula is C11H24N2. The molecule has 0 aromatic rings. The highest BCUT2D eigenvalue weighted by atomic mass is 15.1. The zero-order valence-corrected chi connectivity index (χ0v) is 9.51. The molecule has 0 aliphatic carbocycles. The molecule has 1 atom stereocenters. The third-order valence-electron chi connectivity index (χ3n) is 2.22. The van der Waals surface area contributed by atoms with Crippen molar-refractivity contribution in [2.24, 2.45) is 5.73 Å². The topological polar surface area (TPSA) is 29.3 Å². The van der Waals surface area contributed by atoms with E-state index in [0.717, 1.165) is 26.1 Å². The van der Waals surface area contributed by atoms with Gasteiger partial charge in [-0.1, -0.05) is 25.5 Å². The second-order valence-corrected chi connectivity index (χ2v) is 3.72. The molecule has 0 aliphatic rings. The van der Waals surface area contributed by atoms with Gasteiger partial charge in [-0.05, 0) is 39.9 Å². The third-order valence-corrected chi connectivity index (χ3v) is 2.22. The van der Waals surface area contributed by atoms with Gasteiger partial charge in [0.25, 0.3) is 0 Å². The average Bonchev–Trinajstić information content (AvgIpc) is 2.05. The molecule has 0 amide bonds. The van der Waals surface area contributed by atoms with Gasteiger partial charge in [-0.25, -0.2) is 0 Å². The molecule has 0 rings (SSSR count). The molecule has 0 bridgehead atoms. The van der Waals surface area contributed by atoms with Crippen molar-refractivity contribution >= 4 is 0 Å². The zero-order valence-electron chi connectivity index (χ0n) is 9.51. The number of nitrogens with two attached hydrogens (primary N) is 1. The summed E-state index contributed by atoms with van der Waals surface area (Å²) < 4.78 is 0. The van der Waals surface area contributed by atoms with E-state index in [-0.39, 0.29) is 6.04 Å². The molecule has 0 spiro atoms. The Morgan fingerprint density at radius 1 is 1.31 bits per heavy atom. The summed E-state index contributed by atoms with van der Waals surface area (Å²) in [7, 11) is 0. The summed E-state index contributed by atoms with van der Waals surface area (Å²) in [5.41, 5.74) is 7.24. The van der Waals surface area contributed by atoms with E-state index in [1.807, 2.05) is 0 Å². The predicted octanol–water partition coefficient (Wildman–Crippen LogP) is 2.01. The van der Waals surface area contributed by atoms with Gasteiger partial charge < -0.3 is 10.6 Å². The van der Waals surface area contributed by atoms with Crippen molar-refractivity contribution in [1.29, 1.82) is 0 Å². The Hall–Kier alpha value is -0.340. The molecule has 2 heteroatoms. The van der Waals surface area contributed by atoms with Crippen LogP contribution in [-0.2, 0) is 0 Å². The summed E-state index contributed by atoms with van der Waals surface area (Å²) in [4.78, 5) is 2.40. The van der Waals surface area contributed by atoms with Crippen LogP contribution in [0.2, 0.25) is 0 Å². The zero-order chi connectivity index (χ0) is 10.3. The van der Waals surface area contributed by atoms with E-state index in [1.165, 1.54) is 5.57 Å². The molecule has 2 N–H and O–H groups in total. The second-order valence-electron chi connectivity index (χ2n) is 3.72. The molecule has 0 saturated carbocycles. The molecule has 1 unspecified atom stereocenters. The van der Waals surface area contributed by atoms with Crippen LogP contribution >= 0.6 is 0 Å². The lowest BCUT2D eigenvalue weighted by Crippen LogP contribution is -2.29. The van der Waals surface area contributed by atoms with Gasteiger partial charge in [-0.3, -0.25) is 0 Å². The Morgan fingerprint density at radius 3 is 2.23 bits per heavy atom. The number of nitrogens with zero attached hydrogens (tertiary/aromatic N) is 1. The Morgan fingerprint density at radius 2 is 1.85 bits per heavy atom. The van der Waals surface area contributed by atoms with Crippen LogP contribution in [0.4, 0.5) is 0 Å². The van der Waals surface area contributed by atoms with Crippen molar-refractivity contribution in [3.63, 3.8) is 0 Å². The molecule has 78 valence electrons. The monoisotopic (exact) mass is 184 g/mol. The van der Waals surface area contributed by atoms with Crippen LogP contribution in [0, 0.1) is 0 Å². The van der Waals surface area contributed by atoms with E-state index < -0.39 is 0 Å². The summed E-state index contributed by atoms with van der Waals surface area (Å²) in [6, 6.07) is 0.227. The number of allylic oxidation sites excluding steroid dienone is 1. The van der Waals surface area contributed by atoms with E-state index in [9.17, 15) is 0 Å². The minimum absolute atomic E-state index is 0.227. The molecule has 13 heavy (non-hydrogen) atoms. The summed E-state index contributed by atoms with van der Waals surface area (Å²) >= 11 is 0. The SMILES string of the molecule is CCN(CC)CCC(N)C=C(C)C. The molecule has 0 saturated heterocycles. The molecule has 0 aromatic heterocycles. The minimum atomic E-state index is 0.227. The van der Waals surface area contributed by atoms with E-state index in [4.69, 9.17) is 5.73 Å². The van der Waals surface area contributed by atoms with Gasteiger partial charge in [-0.2, -0.15) is 0 Å². The smallest absolute Gasteiger partial charge is 0.0238 e. The summed E-state index contributed by atoms with van der Waals surface area (Å²) in [6.07, 6.45) is 3.20. The van der Waals surface area contributed by atoms with Crippen LogP contribution in [0.3, 0.4) is 0 Å². The van der Waals surface area contributed by atoms with Gasteiger partial charge >= 0.3 is 0 Å². The first-order chi connectivity index (χ1) is 6.10. The first-order valence-corrected chi connectivity index (χ1v) is 5.23. The highest BCUT2D eigenvalue weighted by Gasteiger charge is 2.02. The Labute approximate surface area is 82.8 Å². The fraction of sp³-hybridized carbons (Fsp3) is 0.818. The molecule has 0 aromatic carbocycles. The maximum absolute atomic E-state index is 5.93. The largest absolute Gasteiger partial charge is 0.324 e. The summed E-state index contributed by atoms with van der Waals surface area (Å²) in [5, 5.41) is 0. The summed E-state index contributed by atoms with van der Waals surface area (Å²) in [6.45, 7) is 11.9. The van der Waals surface area contributed by atoms with Gasteiger partial charge in [0.05, 0.1) is 0 Å². The lowest BCUT2D eigenvalue weighted by atomic mass is 10.1. The number of rotatable bonds is 6. The van der Waals surface area contributed by atoms with Crippen molar-refractivity contribution in [2.45, 2.75) is 40.2 Å². The first kappa shape index (κ1) is 12.7. The van der Waals surface area contributed by atoms with Gasteiger partial charge in [0.15, 0.2) is 0 Å². The highest BCUT2D eigenvalue weighted by molar-refractivity contribution is 4.99. The van der Waals surface area contributed by atoms with Crippen molar-refractivity contribution in [2.75, 3.05) is 19.6 Å². The van der Waals surface area contributed by atoms with Crippen molar-refractivity contribution < 1.29 is 0 Å².